The molecule has 80 valence electrons. The number of hydrogen-bond donors (Lipinski definition) is 0. The van der Waals surface area contributed by atoms with Crippen molar-refractivity contribution in [1.82, 2.24) is 4.98 Å². The number of azo groups is 1. The summed E-state index contributed by atoms with van der Waals surface area (Å²) in [4.78, 5) is 4.09. The lowest BCUT2D eigenvalue weighted by molar-refractivity contribution is 1.13. The lowest BCUT2D eigenvalue weighted by atomic mass is 10.1. The predicted octanol–water partition coefficient (Wildman–Crippen LogP) is 4.11. The first-order valence-corrected chi connectivity index (χ1v) is 5.16. The minimum atomic E-state index is 0.630. The average molecular weight is 211 g/mol. The number of rotatable bonds is 2. The van der Waals surface area contributed by atoms with E-state index in [1.807, 2.05) is 50.2 Å². The van der Waals surface area contributed by atoms with Crippen molar-refractivity contribution in [3.63, 3.8) is 0 Å². The van der Waals surface area contributed by atoms with Crippen molar-refractivity contribution in [3.8, 4) is 0 Å². The predicted molar refractivity (Wildman–Crippen MR) is 64.3 cm³/mol. The van der Waals surface area contributed by atoms with Gasteiger partial charge in [0.15, 0.2) is 5.82 Å². The molecule has 1 heterocycles. The van der Waals surface area contributed by atoms with Crippen LogP contribution < -0.4 is 0 Å². The molecule has 3 nitrogen and oxygen atoms in total. The molecule has 2 rings (SSSR count). The zero-order valence-corrected chi connectivity index (χ0v) is 9.38. The van der Waals surface area contributed by atoms with Crippen LogP contribution in [0.3, 0.4) is 0 Å². The Balaban J connectivity index is 2.31. The lowest BCUT2D eigenvalue weighted by Gasteiger charge is -2.01. The van der Waals surface area contributed by atoms with E-state index in [9.17, 15) is 0 Å². The molecule has 0 amide bonds. The lowest BCUT2D eigenvalue weighted by Crippen LogP contribution is -1.78. The molecular weight excluding hydrogens is 198 g/mol. The SMILES string of the molecule is Cc1cccc(C)c1N=Nc1ccccn1. The van der Waals surface area contributed by atoms with Crippen LogP contribution in [0, 0.1) is 13.8 Å². The van der Waals surface area contributed by atoms with Gasteiger partial charge in [0.25, 0.3) is 0 Å². The van der Waals surface area contributed by atoms with E-state index >= 15 is 0 Å². The molecule has 2 aromatic rings. The van der Waals surface area contributed by atoms with Gasteiger partial charge in [-0.3, -0.25) is 0 Å². The zero-order chi connectivity index (χ0) is 11.4. The van der Waals surface area contributed by atoms with Crippen molar-refractivity contribution < 1.29 is 0 Å². The molecule has 0 bridgehead atoms. The molecule has 0 atom stereocenters. The van der Waals surface area contributed by atoms with E-state index in [0.29, 0.717) is 5.82 Å². The molecule has 0 fully saturated rings. The fourth-order valence-corrected chi connectivity index (χ4v) is 1.48. The van der Waals surface area contributed by atoms with Gasteiger partial charge in [0.1, 0.15) is 0 Å². The molecule has 1 aromatic heterocycles. The first-order chi connectivity index (χ1) is 7.77. The van der Waals surface area contributed by atoms with Crippen molar-refractivity contribution in [1.29, 1.82) is 0 Å². The summed E-state index contributed by atoms with van der Waals surface area (Å²) >= 11 is 0. The Labute approximate surface area is 94.9 Å². The Kier molecular flexibility index (Phi) is 3.05. The van der Waals surface area contributed by atoms with E-state index in [4.69, 9.17) is 0 Å². The number of aromatic nitrogens is 1. The summed E-state index contributed by atoms with van der Waals surface area (Å²) in [6.45, 7) is 4.06. The van der Waals surface area contributed by atoms with Crippen molar-refractivity contribution in [2.75, 3.05) is 0 Å². The van der Waals surface area contributed by atoms with E-state index < -0.39 is 0 Å². The van der Waals surface area contributed by atoms with Crippen molar-refractivity contribution in [3.05, 3.63) is 53.7 Å². The fourth-order valence-electron chi connectivity index (χ4n) is 1.48. The standard InChI is InChI=1S/C13H13N3/c1-10-6-5-7-11(2)13(10)16-15-12-8-3-4-9-14-12/h3-9H,1-2H3. The van der Waals surface area contributed by atoms with Gasteiger partial charge in [0.05, 0.1) is 5.69 Å². The summed E-state index contributed by atoms with van der Waals surface area (Å²) in [5, 5.41) is 8.35. The van der Waals surface area contributed by atoms with Crippen LogP contribution in [-0.2, 0) is 0 Å². The third kappa shape index (κ3) is 2.31. The summed E-state index contributed by atoms with van der Waals surface area (Å²) in [6.07, 6.45) is 1.71. The van der Waals surface area contributed by atoms with E-state index in [0.717, 1.165) is 16.8 Å². The van der Waals surface area contributed by atoms with Gasteiger partial charge in [0, 0.05) is 6.20 Å². The minimum Gasteiger partial charge on any atom is -0.236 e. The second-order valence-electron chi connectivity index (χ2n) is 3.63. The van der Waals surface area contributed by atoms with Gasteiger partial charge in [0.2, 0.25) is 0 Å². The second kappa shape index (κ2) is 4.66. The number of nitrogens with zero attached hydrogens (tertiary/aromatic N) is 3. The normalized spacial score (nSPS) is 10.9. The molecule has 0 aliphatic carbocycles. The molecule has 0 N–H and O–H groups in total. The third-order valence-electron chi connectivity index (χ3n) is 2.34. The van der Waals surface area contributed by atoms with Crippen LogP contribution >= 0.6 is 0 Å². The average Bonchev–Trinajstić information content (AvgIpc) is 2.30. The summed E-state index contributed by atoms with van der Waals surface area (Å²) in [5.41, 5.74) is 3.17. The van der Waals surface area contributed by atoms with Gasteiger partial charge in [-0.25, -0.2) is 4.98 Å². The highest BCUT2D eigenvalue weighted by Gasteiger charge is 1.99. The van der Waals surface area contributed by atoms with E-state index in [-0.39, 0.29) is 0 Å². The minimum absolute atomic E-state index is 0.630. The smallest absolute Gasteiger partial charge is 0.174 e. The number of aryl methyl sites for hydroxylation is 2. The quantitative estimate of drug-likeness (QED) is 0.688. The summed E-state index contributed by atoms with van der Waals surface area (Å²) < 4.78 is 0. The fraction of sp³-hybridized carbons (Fsp3) is 0.154. The Morgan fingerprint density at radius 2 is 1.62 bits per heavy atom. The maximum atomic E-state index is 4.24. The van der Waals surface area contributed by atoms with Crippen LogP contribution in [0.5, 0.6) is 0 Å². The van der Waals surface area contributed by atoms with Crippen LogP contribution in [0.25, 0.3) is 0 Å². The van der Waals surface area contributed by atoms with Gasteiger partial charge in [-0.05, 0) is 37.1 Å². The van der Waals surface area contributed by atoms with E-state index in [2.05, 4.69) is 15.2 Å². The Morgan fingerprint density at radius 1 is 0.875 bits per heavy atom. The first-order valence-electron chi connectivity index (χ1n) is 5.16. The molecule has 0 spiro atoms. The van der Waals surface area contributed by atoms with Crippen molar-refractivity contribution >= 4 is 11.5 Å². The molecule has 0 unspecified atom stereocenters. The number of benzene rings is 1. The summed E-state index contributed by atoms with van der Waals surface area (Å²) in [7, 11) is 0. The Bertz CT molecular complexity index is 484. The van der Waals surface area contributed by atoms with E-state index in [1.165, 1.54) is 0 Å². The van der Waals surface area contributed by atoms with Gasteiger partial charge in [-0.2, -0.15) is 0 Å². The van der Waals surface area contributed by atoms with E-state index in [1.54, 1.807) is 6.20 Å². The van der Waals surface area contributed by atoms with Crippen LogP contribution in [0.1, 0.15) is 11.1 Å². The van der Waals surface area contributed by atoms with Gasteiger partial charge < -0.3 is 0 Å². The van der Waals surface area contributed by atoms with Crippen LogP contribution in [0.2, 0.25) is 0 Å². The van der Waals surface area contributed by atoms with Crippen LogP contribution in [0.15, 0.2) is 52.8 Å². The topological polar surface area (TPSA) is 37.6 Å². The van der Waals surface area contributed by atoms with Crippen LogP contribution in [-0.4, -0.2) is 4.98 Å². The highest BCUT2D eigenvalue weighted by Crippen LogP contribution is 2.24. The molecule has 0 saturated heterocycles. The molecule has 0 radical (unpaired) electrons. The molecule has 16 heavy (non-hydrogen) atoms. The van der Waals surface area contributed by atoms with Crippen molar-refractivity contribution in [2.24, 2.45) is 10.2 Å². The molecule has 0 aliphatic rings. The van der Waals surface area contributed by atoms with Crippen molar-refractivity contribution in [2.45, 2.75) is 13.8 Å². The maximum Gasteiger partial charge on any atom is 0.174 e. The number of hydrogen-bond acceptors (Lipinski definition) is 3. The maximum absolute atomic E-state index is 4.24. The molecular formula is C13H13N3. The first kappa shape index (κ1) is 10.5. The Morgan fingerprint density at radius 3 is 2.25 bits per heavy atom. The van der Waals surface area contributed by atoms with Gasteiger partial charge in [-0.1, -0.05) is 24.3 Å². The summed E-state index contributed by atoms with van der Waals surface area (Å²) in [6, 6.07) is 11.7. The highest BCUT2D eigenvalue weighted by atomic mass is 15.1. The third-order valence-corrected chi connectivity index (χ3v) is 2.34. The summed E-state index contributed by atoms with van der Waals surface area (Å²) in [5.74, 6) is 0.630. The van der Waals surface area contributed by atoms with Crippen LogP contribution in [0.4, 0.5) is 11.5 Å². The van der Waals surface area contributed by atoms with Gasteiger partial charge in [-0.15, -0.1) is 10.2 Å². The Hall–Kier alpha value is -2.03. The molecule has 0 aliphatic heterocycles. The molecule has 3 heteroatoms. The monoisotopic (exact) mass is 211 g/mol. The zero-order valence-electron chi connectivity index (χ0n) is 9.38. The van der Waals surface area contributed by atoms with Gasteiger partial charge >= 0.3 is 0 Å². The number of pyridine rings is 1. The largest absolute Gasteiger partial charge is 0.236 e. The molecule has 1 aromatic carbocycles. The second-order valence-corrected chi connectivity index (χ2v) is 3.63. The molecule has 0 saturated carbocycles. The highest BCUT2D eigenvalue weighted by molar-refractivity contribution is 5.51.